The summed E-state index contributed by atoms with van der Waals surface area (Å²) in [5.74, 6) is -0.0306. The average molecular weight is 234 g/mol. The van der Waals surface area contributed by atoms with Gasteiger partial charge in [0.1, 0.15) is 0 Å². The summed E-state index contributed by atoms with van der Waals surface area (Å²) in [6.45, 7) is 2.32. The molecule has 92 valence electrons. The van der Waals surface area contributed by atoms with Crippen LogP contribution in [-0.4, -0.2) is 35.1 Å². The lowest BCUT2D eigenvalue weighted by atomic mass is 10.1. The molecule has 1 aromatic rings. The number of benzene rings is 1. The highest BCUT2D eigenvalue weighted by Gasteiger charge is 2.32. The second kappa shape index (κ2) is 4.75. The summed E-state index contributed by atoms with van der Waals surface area (Å²) < 4.78 is 0. The summed E-state index contributed by atoms with van der Waals surface area (Å²) in [6, 6.07) is 5.68. The van der Waals surface area contributed by atoms with Gasteiger partial charge >= 0.3 is 0 Å². The molecule has 4 nitrogen and oxygen atoms in total. The van der Waals surface area contributed by atoms with Crippen LogP contribution in [0.2, 0.25) is 0 Å². The van der Waals surface area contributed by atoms with E-state index in [1.54, 1.807) is 11.0 Å². The second-order valence-corrected chi connectivity index (χ2v) is 4.59. The molecule has 0 aromatic heterocycles. The molecule has 1 aliphatic rings. The van der Waals surface area contributed by atoms with E-state index in [9.17, 15) is 4.79 Å². The molecule has 1 amide bonds. The van der Waals surface area contributed by atoms with Gasteiger partial charge in [-0.1, -0.05) is 0 Å². The first kappa shape index (κ1) is 11.9. The molecular formula is C13H18N2O2. The second-order valence-electron chi connectivity index (χ2n) is 4.59. The Morgan fingerprint density at radius 3 is 2.71 bits per heavy atom. The lowest BCUT2D eigenvalue weighted by Crippen LogP contribution is -2.35. The zero-order valence-corrected chi connectivity index (χ0v) is 10.0. The fourth-order valence-corrected chi connectivity index (χ4v) is 2.05. The van der Waals surface area contributed by atoms with Gasteiger partial charge < -0.3 is 15.7 Å². The Bertz CT molecular complexity index is 407. The van der Waals surface area contributed by atoms with Crippen molar-refractivity contribution in [2.24, 2.45) is 0 Å². The molecular weight excluding hydrogens is 216 g/mol. The molecule has 1 aromatic carbocycles. The number of nitrogens with two attached hydrogens (primary N) is 1. The fraction of sp³-hybridized carbons (Fsp3) is 0.462. The van der Waals surface area contributed by atoms with E-state index in [4.69, 9.17) is 10.8 Å². The molecule has 0 spiro atoms. The monoisotopic (exact) mass is 234 g/mol. The highest BCUT2D eigenvalue weighted by Crippen LogP contribution is 2.28. The van der Waals surface area contributed by atoms with Gasteiger partial charge in [0.25, 0.3) is 5.91 Å². The van der Waals surface area contributed by atoms with Crippen LogP contribution in [0.4, 0.5) is 5.69 Å². The van der Waals surface area contributed by atoms with Crippen molar-refractivity contribution in [1.29, 1.82) is 0 Å². The van der Waals surface area contributed by atoms with Gasteiger partial charge in [-0.15, -0.1) is 0 Å². The maximum absolute atomic E-state index is 12.3. The molecule has 0 atom stereocenters. The maximum Gasteiger partial charge on any atom is 0.254 e. The van der Waals surface area contributed by atoms with Gasteiger partial charge in [0.15, 0.2) is 0 Å². The van der Waals surface area contributed by atoms with Gasteiger partial charge in [0.05, 0.1) is 6.61 Å². The van der Waals surface area contributed by atoms with E-state index >= 15 is 0 Å². The smallest absolute Gasteiger partial charge is 0.254 e. The van der Waals surface area contributed by atoms with Gasteiger partial charge in [-0.25, -0.2) is 0 Å². The molecule has 2 rings (SSSR count). The Labute approximate surface area is 101 Å². The SMILES string of the molecule is Cc1cc(N)cc(C(=O)N(CCO)C2CC2)c1. The molecule has 0 radical (unpaired) electrons. The number of aryl methyl sites for hydroxylation is 1. The first-order valence-electron chi connectivity index (χ1n) is 5.91. The van der Waals surface area contributed by atoms with Crippen molar-refractivity contribution in [2.45, 2.75) is 25.8 Å². The summed E-state index contributed by atoms with van der Waals surface area (Å²) in [5, 5.41) is 9.00. The number of aliphatic hydroxyl groups excluding tert-OH is 1. The molecule has 0 aliphatic heterocycles. The summed E-state index contributed by atoms with van der Waals surface area (Å²) in [5.41, 5.74) is 7.94. The number of rotatable bonds is 4. The quantitative estimate of drug-likeness (QED) is 0.769. The van der Waals surface area contributed by atoms with Crippen molar-refractivity contribution in [3.8, 4) is 0 Å². The van der Waals surface area contributed by atoms with E-state index < -0.39 is 0 Å². The van der Waals surface area contributed by atoms with Crippen LogP contribution in [0.15, 0.2) is 18.2 Å². The number of nitrogens with zero attached hydrogens (tertiary/aromatic N) is 1. The molecule has 3 N–H and O–H groups in total. The van der Waals surface area contributed by atoms with Crippen LogP contribution in [0.3, 0.4) is 0 Å². The van der Waals surface area contributed by atoms with E-state index in [0.29, 0.717) is 23.8 Å². The van der Waals surface area contributed by atoms with Crippen molar-refractivity contribution >= 4 is 11.6 Å². The standard InChI is InChI=1S/C13H18N2O2/c1-9-6-10(8-11(14)7-9)13(17)15(4-5-16)12-2-3-12/h6-8,12,16H,2-5,14H2,1H3. The number of carbonyl (C=O) groups is 1. The number of anilines is 1. The minimum absolute atomic E-state index is 0.00351. The molecule has 1 aliphatic carbocycles. The molecule has 17 heavy (non-hydrogen) atoms. The molecule has 0 heterocycles. The van der Waals surface area contributed by atoms with Gasteiger partial charge in [-0.05, 0) is 43.5 Å². The number of aliphatic hydroxyl groups is 1. The van der Waals surface area contributed by atoms with Crippen LogP contribution in [0.25, 0.3) is 0 Å². The largest absolute Gasteiger partial charge is 0.399 e. The third-order valence-electron chi connectivity index (χ3n) is 2.94. The van der Waals surface area contributed by atoms with Gasteiger partial charge in [-0.3, -0.25) is 4.79 Å². The van der Waals surface area contributed by atoms with Gasteiger partial charge in [0, 0.05) is 23.8 Å². The highest BCUT2D eigenvalue weighted by molar-refractivity contribution is 5.95. The third kappa shape index (κ3) is 2.77. The van der Waals surface area contributed by atoms with Gasteiger partial charge in [0.2, 0.25) is 0 Å². The number of amides is 1. The fourth-order valence-electron chi connectivity index (χ4n) is 2.05. The summed E-state index contributed by atoms with van der Waals surface area (Å²) >= 11 is 0. The van der Waals surface area contributed by atoms with Crippen molar-refractivity contribution in [3.05, 3.63) is 29.3 Å². The number of carbonyl (C=O) groups excluding carboxylic acids is 1. The average Bonchev–Trinajstić information content (AvgIpc) is 3.07. The number of nitrogen functional groups attached to an aromatic ring is 1. The minimum atomic E-state index is -0.0306. The predicted molar refractivity (Wildman–Crippen MR) is 66.7 cm³/mol. The van der Waals surface area contributed by atoms with Crippen LogP contribution in [0.1, 0.15) is 28.8 Å². The summed E-state index contributed by atoms with van der Waals surface area (Å²) in [6.07, 6.45) is 2.07. The lowest BCUT2D eigenvalue weighted by molar-refractivity contribution is 0.0707. The molecule has 1 saturated carbocycles. The van der Waals surface area contributed by atoms with Crippen LogP contribution in [0.5, 0.6) is 0 Å². The predicted octanol–water partition coefficient (Wildman–Crippen LogP) is 1.17. The number of hydrogen-bond acceptors (Lipinski definition) is 3. The Hall–Kier alpha value is -1.55. The maximum atomic E-state index is 12.3. The Balaban J connectivity index is 2.21. The first-order chi connectivity index (χ1) is 8.11. The lowest BCUT2D eigenvalue weighted by Gasteiger charge is -2.21. The van der Waals surface area contributed by atoms with Crippen LogP contribution in [-0.2, 0) is 0 Å². The van der Waals surface area contributed by atoms with E-state index in [1.165, 1.54) is 0 Å². The Morgan fingerprint density at radius 2 is 2.18 bits per heavy atom. The van der Waals surface area contributed by atoms with E-state index in [-0.39, 0.29) is 12.5 Å². The van der Waals surface area contributed by atoms with Gasteiger partial charge in [-0.2, -0.15) is 0 Å². The first-order valence-corrected chi connectivity index (χ1v) is 5.91. The highest BCUT2D eigenvalue weighted by atomic mass is 16.3. The molecule has 1 fully saturated rings. The van der Waals surface area contributed by atoms with E-state index in [0.717, 1.165) is 18.4 Å². The zero-order chi connectivity index (χ0) is 12.4. The van der Waals surface area contributed by atoms with Crippen molar-refractivity contribution in [1.82, 2.24) is 4.90 Å². The van der Waals surface area contributed by atoms with Crippen LogP contribution < -0.4 is 5.73 Å². The van der Waals surface area contributed by atoms with Crippen LogP contribution in [0, 0.1) is 6.92 Å². The summed E-state index contributed by atoms with van der Waals surface area (Å²) in [7, 11) is 0. The summed E-state index contributed by atoms with van der Waals surface area (Å²) in [4.78, 5) is 14.0. The van der Waals surface area contributed by atoms with Crippen molar-refractivity contribution in [2.75, 3.05) is 18.9 Å². The number of hydrogen-bond donors (Lipinski definition) is 2. The molecule has 4 heteroatoms. The van der Waals surface area contributed by atoms with Crippen LogP contribution >= 0.6 is 0 Å². The molecule has 0 bridgehead atoms. The van der Waals surface area contributed by atoms with E-state index in [1.807, 2.05) is 19.1 Å². The third-order valence-corrected chi connectivity index (χ3v) is 2.94. The Morgan fingerprint density at radius 1 is 1.47 bits per heavy atom. The normalized spacial score (nSPS) is 14.7. The van der Waals surface area contributed by atoms with E-state index in [2.05, 4.69) is 0 Å². The topological polar surface area (TPSA) is 66.6 Å². The minimum Gasteiger partial charge on any atom is -0.399 e. The molecule has 0 unspecified atom stereocenters. The molecule has 0 saturated heterocycles. The van der Waals surface area contributed by atoms with Crippen molar-refractivity contribution in [3.63, 3.8) is 0 Å². The van der Waals surface area contributed by atoms with Crippen molar-refractivity contribution < 1.29 is 9.90 Å². The zero-order valence-electron chi connectivity index (χ0n) is 10.0. The Kier molecular flexibility index (Phi) is 3.33.